The van der Waals surface area contributed by atoms with Crippen molar-refractivity contribution in [3.05, 3.63) is 60.2 Å². The standard InChI is InChI=1S/C16H18N2O/c1-13-7-9-15(10-8-13)18-16(19)11-12-17-14-5-3-2-4-6-14/h2-10,17H,11-12H2,1H3,(H,18,19). The molecule has 2 aromatic rings. The quantitative estimate of drug-likeness (QED) is 0.858. The molecular formula is C16H18N2O. The van der Waals surface area contributed by atoms with E-state index in [-0.39, 0.29) is 5.91 Å². The topological polar surface area (TPSA) is 41.1 Å². The molecule has 1 amide bonds. The van der Waals surface area contributed by atoms with Crippen molar-refractivity contribution in [3.63, 3.8) is 0 Å². The second kappa shape index (κ2) is 6.59. The molecule has 0 radical (unpaired) electrons. The van der Waals surface area contributed by atoms with Crippen LogP contribution < -0.4 is 10.6 Å². The van der Waals surface area contributed by atoms with Crippen molar-refractivity contribution in [1.29, 1.82) is 0 Å². The summed E-state index contributed by atoms with van der Waals surface area (Å²) in [6.45, 7) is 2.65. The van der Waals surface area contributed by atoms with Gasteiger partial charge in [-0.1, -0.05) is 35.9 Å². The van der Waals surface area contributed by atoms with E-state index in [1.165, 1.54) is 5.56 Å². The van der Waals surface area contributed by atoms with Crippen molar-refractivity contribution >= 4 is 17.3 Å². The number of amides is 1. The van der Waals surface area contributed by atoms with Crippen molar-refractivity contribution in [2.75, 3.05) is 17.2 Å². The van der Waals surface area contributed by atoms with Crippen LogP contribution in [0.1, 0.15) is 12.0 Å². The molecule has 0 aliphatic heterocycles. The highest BCUT2D eigenvalue weighted by Gasteiger charge is 2.01. The lowest BCUT2D eigenvalue weighted by molar-refractivity contribution is -0.115. The van der Waals surface area contributed by atoms with Crippen LogP contribution in [0.3, 0.4) is 0 Å². The molecule has 98 valence electrons. The van der Waals surface area contributed by atoms with Crippen LogP contribution in [-0.4, -0.2) is 12.5 Å². The molecule has 0 aliphatic carbocycles. The largest absolute Gasteiger partial charge is 0.385 e. The molecular weight excluding hydrogens is 236 g/mol. The number of rotatable bonds is 5. The molecule has 2 N–H and O–H groups in total. The van der Waals surface area contributed by atoms with Crippen LogP contribution in [0.2, 0.25) is 0 Å². The number of carbonyl (C=O) groups excluding carboxylic acids is 1. The lowest BCUT2D eigenvalue weighted by atomic mass is 10.2. The van der Waals surface area contributed by atoms with Gasteiger partial charge in [0.1, 0.15) is 0 Å². The van der Waals surface area contributed by atoms with Crippen molar-refractivity contribution < 1.29 is 4.79 Å². The fourth-order valence-corrected chi connectivity index (χ4v) is 1.74. The minimum Gasteiger partial charge on any atom is -0.385 e. The highest BCUT2D eigenvalue weighted by Crippen LogP contribution is 2.09. The number of benzene rings is 2. The molecule has 0 heterocycles. The van der Waals surface area contributed by atoms with Crippen LogP contribution in [0, 0.1) is 6.92 Å². The Hall–Kier alpha value is -2.29. The summed E-state index contributed by atoms with van der Waals surface area (Å²) in [5.41, 5.74) is 3.06. The number of hydrogen-bond donors (Lipinski definition) is 2. The van der Waals surface area contributed by atoms with Gasteiger partial charge in [-0.3, -0.25) is 4.79 Å². The summed E-state index contributed by atoms with van der Waals surface area (Å²) in [6.07, 6.45) is 0.447. The van der Waals surface area contributed by atoms with E-state index in [1.54, 1.807) is 0 Å². The van der Waals surface area contributed by atoms with E-state index in [0.29, 0.717) is 13.0 Å². The predicted octanol–water partition coefficient (Wildman–Crippen LogP) is 3.44. The van der Waals surface area contributed by atoms with E-state index in [1.807, 2.05) is 61.5 Å². The van der Waals surface area contributed by atoms with Gasteiger partial charge in [0, 0.05) is 24.3 Å². The van der Waals surface area contributed by atoms with Crippen LogP contribution in [-0.2, 0) is 4.79 Å². The van der Waals surface area contributed by atoms with Gasteiger partial charge in [-0.25, -0.2) is 0 Å². The molecule has 0 spiro atoms. The second-order valence-corrected chi connectivity index (χ2v) is 4.46. The van der Waals surface area contributed by atoms with Gasteiger partial charge in [-0.2, -0.15) is 0 Å². The Balaban J connectivity index is 1.74. The smallest absolute Gasteiger partial charge is 0.226 e. The van der Waals surface area contributed by atoms with E-state index in [0.717, 1.165) is 11.4 Å². The van der Waals surface area contributed by atoms with Gasteiger partial charge in [-0.15, -0.1) is 0 Å². The highest BCUT2D eigenvalue weighted by molar-refractivity contribution is 5.90. The van der Waals surface area contributed by atoms with Crippen molar-refractivity contribution in [3.8, 4) is 0 Å². The lowest BCUT2D eigenvalue weighted by Crippen LogP contribution is -2.16. The summed E-state index contributed by atoms with van der Waals surface area (Å²) >= 11 is 0. The third kappa shape index (κ3) is 4.47. The minimum atomic E-state index is 0.0206. The normalized spacial score (nSPS) is 9.95. The van der Waals surface area contributed by atoms with Crippen LogP contribution in [0.4, 0.5) is 11.4 Å². The molecule has 0 atom stereocenters. The summed E-state index contributed by atoms with van der Waals surface area (Å²) in [5, 5.41) is 6.09. The molecule has 0 saturated carbocycles. The Morgan fingerprint density at radius 3 is 2.32 bits per heavy atom. The molecule has 0 aliphatic rings. The Kier molecular flexibility index (Phi) is 4.56. The van der Waals surface area contributed by atoms with E-state index in [4.69, 9.17) is 0 Å². The molecule has 19 heavy (non-hydrogen) atoms. The number of carbonyl (C=O) groups is 1. The summed E-state index contributed by atoms with van der Waals surface area (Å²) in [7, 11) is 0. The van der Waals surface area contributed by atoms with Gasteiger partial charge in [-0.05, 0) is 31.2 Å². The first-order chi connectivity index (χ1) is 9.24. The third-order valence-electron chi connectivity index (χ3n) is 2.79. The Morgan fingerprint density at radius 2 is 1.63 bits per heavy atom. The fourth-order valence-electron chi connectivity index (χ4n) is 1.74. The van der Waals surface area contributed by atoms with Crippen LogP contribution in [0.5, 0.6) is 0 Å². The summed E-state index contributed by atoms with van der Waals surface area (Å²) < 4.78 is 0. The maximum atomic E-state index is 11.7. The SMILES string of the molecule is Cc1ccc(NC(=O)CCNc2ccccc2)cc1. The monoisotopic (exact) mass is 254 g/mol. The molecule has 3 heteroatoms. The summed E-state index contributed by atoms with van der Waals surface area (Å²) in [5.74, 6) is 0.0206. The molecule has 2 aromatic carbocycles. The molecule has 0 unspecified atom stereocenters. The maximum absolute atomic E-state index is 11.7. The summed E-state index contributed by atoms with van der Waals surface area (Å²) in [6, 6.07) is 17.7. The molecule has 3 nitrogen and oxygen atoms in total. The maximum Gasteiger partial charge on any atom is 0.226 e. The fraction of sp³-hybridized carbons (Fsp3) is 0.188. The zero-order chi connectivity index (χ0) is 13.5. The molecule has 0 saturated heterocycles. The van der Waals surface area contributed by atoms with Crippen molar-refractivity contribution in [2.24, 2.45) is 0 Å². The van der Waals surface area contributed by atoms with E-state index < -0.39 is 0 Å². The molecule has 2 rings (SSSR count). The van der Waals surface area contributed by atoms with Crippen LogP contribution in [0.15, 0.2) is 54.6 Å². The second-order valence-electron chi connectivity index (χ2n) is 4.46. The van der Waals surface area contributed by atoms with Crippen LogP contribution >= 0.6 is 0 Å². The molecule has 0 aromatic heterocycles. The average molecular weight is 254 g/mol. The van der Waals surface area contributed by atoms with Gasteiger partial charge >= 0.3 is 0 Å². The van der Waals surface area contributed by atoms with Gasteiger partial charge in [0.15, 0.2) is 0 Å². The lowest BCUT2D eigenvalue weighted by Gasteiger charge is -2.07. The zero-order valence-corrected chi connectivity index (χ0v) is 11.0. The van der Waals surface area contributed by atoms with E-state index >= 15 is 0 Å². The number of aryl methyl sites for hydroxylation is 1. The van der Waals surface area contributed by atoms with Crippen molar-refractivity contribution in [1.82, 2.24) is 0 Å². The Morgan fingerprint density at radius 1 is 0.947 bits per heavy atom. The predicted molar refractivity (Wildman–Crippen MR) is 79.4 cm³/mol. The zero-order valence-electron chi connectivity index (χ0n) is 11.0. The number of anilines is 2. The van der Waals surface area contributed by atoms with Gasteiger partial charge in [0.05, 0.1) is 0 Å². The Labute approximate surface area is 113 Å². The highest BCUT2D eigenvalue weighted by atomic mass is 16.1. The van der Waals surface area contributed by atoms with Gasteiger partial charge in [0.25, 0.3) is 0 Å². The first kappa shape index (κ1) is 13.1. The average Bonchev–Trinajstić information content (AvgIpc) is 2.43. The number of para-hydroxylation sites is 1. The van der Waals surface area contributed by atoms with Gasteiger partial charge in [0.2, 0.25) is 5.91 Å². The van der Waals surface area contributed by atoms with Crippen LogP contribution in [0.25, 0.3) is 0 Å². The minimum absolute atomic E-state index is 0.0206. The molecule has 0 fully saturated rings. The summed E-state index contributed by atoms with van der Waals surface area (Å²) in [4.78, 5) is 11.7. The number of nitrogens with one attached hydrogen (secondary N) is 2. The first-order valence-corrected chi connectivity index (χ1v) is 6.39. The Bertz CT molecular complexity index is 520. The van der Waals surface area contributed by atoms with E-state index in [9.17, 15) is 4.79 Å². The van der Waals surface area contributed by atoms with Gasteiger partial charge < -0.3 is 10.6 Å². The molecule has 0 bridgehead atoms. The van der Waals surface area contributed by atoms with E-state index in [2.05, 4.69) is 10.6 Å². The third-order valence-corrected chi connectivity index (χ3v) is 2.79. The first-order valence-electron chi connectivity index (χ1n) is 6.39. The van der Waals surface area contributed by atoms with Crippen molar-refractivity contribution in [2.45, 2.75) is 13.3 Å². The number of hydrogen-bond acceptors (Lipinski definition) is 2.